The summed E-state index contributed by atoms with van der Waals surface area (Å²) >= 11 is 0. The second-order valence-corrected chi connectivity index (χ2v) is 13.6. The van der Waals surface area contributed by atoms with Crippen LogP contribution in [-0.4, -0.2) is 30.6 Å². The van der Waals surface area contributed by atoms with Crippen molar-refractivity contribution in [3.8, 4) is 0 Å². The summed E-state index contributed by atoms with van der Waals surface area (Å²) < 4.78 is 14.6. The van der Waals surface area contributed by atoms with Crippen molar-refractivity contribution < 1.29 is 9.16 Å². The summed E-state index contributed by atoms with van der Waals surface area (Å²) in [7, 11) is -2.63. The van der Waals surface area contributed by atoms with Gasteiger partial charge in [0.25, 0.3) is 13.9 Å². The lowest BCUT2D eigenvalue weighted by Crippen LogP contribution is -2.67. The first kappa shape index (κ1) is 22.5. The van der Waals surface area contributed by atoms with Crippen LogP contribution >= 0.6 is 0 Å². The van der Waals surface area contributed by atoms with Crippen molar-refractivity contribution >= 4 is 18.7 Å². The van der Waals surface area contributed by atoms with Gasteiger partial charge in [-0.05, 0) is 28.3 Å². The third-order valence-electron chi connectivity index (χ3n) is 6.15. The van der Waals surface area contributed by atoms with Crippen molar-refractivity contribution in [2.75, 3.05) is 6.61 Å². The molecule has 1 N–H and O–H groups in total. The van der Waals surface area contributed by atoms with Crippen LogP contribution in [0.1, 0.15) is 39.8 Å². The third-order valence-corrected chi connectivity index (χ3v) is 11.2. The van der Waals surface area contributed by atoms with Gasteiger partial charge in [0, 0.05) is 12.3 Å². The van der Waals surface area contributed by atoms with E-state index in [9.17, 15) is 9.59 Å². The molecule has 7 heteroatoms. The van der Waals surface area contributed by atoms with Gasteiger partial charge in [-0.2, -0.15) is 0 Å². The fourth-order valence-electron chi connectivity index (χ4n) is 4.65. The average molecular weight is 451 g/mol. The van der Waals surface area contributed by atoms with Gasteiger partial charge in [0.15, 0.2) is 0 Å². The van der Waals surface area contributed by atoms with Gasteiger partial charge in [-0.3, -0.25) is 14.3 Å². The Morgan fingerprint density at radius 1 is 0.969 bits per heavy atom. The van der Waals surface area contributed by atoms with Crippen LogP contribution in [-0.2, 0) is 9.16 Å². The second-order valence-electron chi connectivity index (χ2n) is 9.28. The van der Waals surface area contributed by atoms with E-state index in [0.717, 1.165) is 6.42 Å². The molecule has 0 radical (unpaired) electrons. The van der Waals surface area contributed by atoms with Crippen LogP contribution in [0.15, 0.2) is 82.5 Å². The number of benzene rings is 2. The Bertz CT molecular complexity index is 1110. The van der Waals surface area contributed by atoms with E-state index < -0.39 is 25.8 Å². The van der Waals surface area contributed by atoms with Crippen molar-refractivity contribution in [1.82, 2.24) is 9.55 Å². The zero-order chi connectivity index (χ0) is 22.8. The Morgan fingerprint density at radius 2 is 1.56 bits per heavy atom. The molecule has 0 amide bonds. The molecule has 1 fully saturated rings. The largest absolute Gasteiger partial charge is 0.405 e. The van der Waals surface area contributed by atoms with E-state index in [2.05, 4.69) is 74.3 Å². The number of ether oxygens (including phenoxy) is 1. The van der Waals surface area contributed by atoms with E-state index in [4.69, 9.17) is 9.16 Å². The molecule has 2 aromatic carbocycles. The maximum atomic E-state index is 12.2. The lowest BCUT2D eigenvalue weighted by Gasteiger charge is -2.43. The summed E-state index contributed by atoms with van der Waals surface area (Å²) in [6.45, 7) is 7.19. The summed E-state index contributed by atoms with van der Waals surface area (Å²) in [5, 5.41) is 2.35. The van der Waals surface area contributed by atoms with Gasteiger partial charge in [-0.15, -0.1) is 0 Å². The number of nitrogens with zero attached hydrogens (tertiary/aromatic N) is 1. The van der Waals surface area contributed by atoms with Crippen molar-refractivity contribution in [2.45, 2.75) is 51.0 Å². The Morgan fingerprint density at radius 3 is 2.09 bits per heavy atom. The number of nitrogens with one attached hydrogen (secondary N) is 1. The highest BCUT2D eigenvalue weighted by atomic mass is 28.4. The number of hydrogen-bond acceptors (Lipinski definition) is 4. The molecule has 2 atom stereocenters. The maximum Gasteiger partial charge on any atom is 0.330 e. The standard InChI is InChI=1S/C25H30N2O4Si/c1-25(2,3)32(20-10-6-4-7-11-20,21-12-8-5-9-13-21)30-18-19-14-15-23(31-19)27-17-16-22(28)26-24(27)29/h4-13,16-17,19,23H,14-15,18H2,1-3H3,(H,26,28,29)/t19-,23-/m0/s1. The van der Waals surface area contributed by atoms with Crippen LogP contribution in [0.5, 0.6) is 0 Å². The summed E-state index contributed by atoms with van der Waals surface area (Å²) in [5.41, 5.74) is -0.855. The lowest BCUT2D eigenvalue weighted by atomic mass is 10.2. The van der Waals surface area contributed by atoms with Gasteiger partial charge in [-0.25, -0.2) is 4.79 Å². The minimum absolute atomic E-state index is 0.108. The van der Waals surface area contributed by atoms with E-state index in [1.807, 2.05) is 12.1 Å². The van der Waals surface area contributed by atoms with Crippen LogP contribution in [0.4, 0.5) is 0 Å². The van der Waals surface area contributed by atoms with Crippen LogP contribution in [0.25, 0.3) is 0 Å². The van der Waals surface area contributed by atoms with Gasteiger partial charge in [0.2, 0.25) is 0 Å². The van der Waals surface area contributed by atoms with Crippen LogP contribution < -0.4 is 21.6 Å². The highest BCUT2D eigenvalue weighted by Crippen LogP contribution is 2.37. The Hall–Kier alpha value is -2.74. The van der Waals surface area contributed by atoms with Gasteiger partial charge >= 0.3 is 5.69 Å². The second kappa shape index (κ2) is 9.01. The smallest absolute Gasteiger partial charge is 0.330 e. The summed E-state index contributed by atoms with van der Waals surface area (Å²) in [4.78, 5) is 25.8. The first-order chi connectivity index (χ1) is 15.3. The number of H-pyrrole nitrogens is 1. The van der Waals surface area contributed by atoms with Crippen molar-refractivity contribution in [1.29, 1.82) is 0 Å². The van der Waals surface area contributed by atoms with E-state index in [1.54, 1.807) is 0 Å². The van der Waals surface area contributed by atoms with Gasteiger partial charge < -0.3 is 9.16 Å². The highest BCUT2D eigenvalue weighted by molar-refractivity contribution is 6.99. The summed E-state index contributed by atoms with van der Waals surface area (Å²) in [5.74, 6) is 0. The number of aromatic nitrogens is 2. The normalized spacial score (nSPS) is 19.2. The molecule has 2 heterocycles. The van der Waals surface area contributed by atoms with E-state index in [1.165, 1.54) is 27.2 Å². The van der Waals surface area contributed by atoms with E-state index >= 15 is 0 Å². The van der Waals surface area contributed by atoms with Crippen molar-refractivity contribution in [3.05, 3.63) is 93.8 Å². The molecule has 4 rings (SSSR count). The average Bonchev–Trinajstić information content (AvgIpc) is 3.23. The Labute approximate surface area is 189 Å². The van der Waals surface area contributed by atoms with Gasteiger partial charge in [0.05, 0.1) is 12.7 Å². The first-order valence-corrected chi connectivity index (χ1v) is 12.9. The molecule has 1 aromatic heterocycles. The molecule has 1 saturated heterocycles. The van der Waals surface area contributed by atoms with E-state index in [0.29, 0.717) is 13.0 Å². The maximum absolute atomic E-state index is 12.2. The molecule has 3 aromatic rings. The quantitative estimate of drug-likeness (QED) is 0.586. The minimum Gasteiger partial charge on any atom is -0.405 e. The summed E-state index contributed by atoms with van der Waals surface area (Å²) in [6.07, 6.45) is 2.46. The third kappa shape index (κ3) is 4.28. The zero-order valence-electron chi connectivity index (χ0n) is 18.8. The number of hydrogen-bond donors (Lipinski definition) is 1. The van der Waals surface area contributed by atoms with Gasteiger partial charge in [0.1, 0.15) is 6.23 Å². The molecule has 0 unspecified atom stereocenters. The molecule has 1 aliphatic rings. The molecule has 0 spiro atoms. The molecular weight excluding hydrogens is 420 g/mol. The predicted octanol–water partition coefficient (Wildman–Crippen LogP) is 2.79. The number of aromatic amines is 1. The number of rotatable bonds is 6. The lowest BCUT2D eigenvalue weighted by molar-refractivity contribution is -0.0215. The van der Waals surface area contributed by atoms with Crippen molar-refractivity contribution in [3.63, 3.8) is 0 Å². The topological polar surface area (TPSA) is 73.3 Å². The molecular formula is C25H30N2O4Si. The predicted molar refractivity (Wildman–Crippen MR) is 128 cm³/mol. The highest BCUT2D eigenvalue weighted by Gasteiger charge is 2.50. The molecule has 0 bridgehead atoms. The van der Waals surface area contributed by atoms with Crippen molar-refractivity contribution in [2.24, 2.45) is 0 Å². The van der Waals surface area contributed by atoms with Crippen LogP contribution in [0, 0.1) is 0 Å². The summed E-state index contributed by atoms with van der Waals surface area (Å²) in [6, 6.07) is 22.4. The van der Waals surface area contributed by atoms with Gasteiger partial charge in [-0.1, -0.05) is 81.4 Å². The van der Waals surface area contributed by atoms with Crippen LogP contribution in [0.2, 0.25) is 5.04 Å². The molecule has 0 aliphatic carbocycles. The minimum atomic E-state index is -2.63. The molecule has 1 aliphatic heterocycles. The zero-order valence-corrected chi connectivity index (χ0v) is 19.8. The van der Waals surface area contributed by atoms with E-state index in [-0.39, 0.29) is 11.1 Å². The Kier molecular flexibility index (Phi) is 6.32. The molecule has 168 valence electrons. The SMILES string of the molecule is CC(C)(C)[Si](OC[C@@H]1CC[C@@H](n2ccc(=O)[nH]c2=O)O1)(c1ccccc1)c1ccccc1. The monoisotopic (exact) mass is 450 g/mol. The molecule has 32 heavy (non-hydrogen) atoms. The fraction of sp³-hybridized carbons (Fsp3) is 0.360. The first-order valence-electron chi connectivity index (χ1n) is 11.0. The Balaban J connectivity index is 1.62. The van der Waals surface area contributed by atoms with Crippen LogP contribution in [0.3, 0.4) is 0 Å². The molecule has 0 saturated carbocycles. The molecule has 6 nitrogen and oxygen atoms in total. The fourth-order valence-corrected chi connectivity index (χ4v) is 9.24.